The maximum Gasteiger partial charge on any atom is 0.256 e. The lowest BCUT2D eigenvalue weighted by molar-refractivity contribution is -0.138. The van der Waals surface area contributed by atoms with Crippen molar-refractivity contribution in [3.8, 4) is 0 Å². The SMILES string of the molecule is O=C([C@@H]1CCC[C@H](O)C1)N1CCN(c2ccnc3nncn23)CC1. The van der Waals surface area contributed by atoms with E-state index in [2.05, 4.69) is 20.1 Å². The van der Waals surface area contributed by atoms with Gasteiger partial charge in [0.15, 0.2) is 0 Å². The molecule has 0 radical (unpaired) electrons. The maximum atomic E-state index is 12.7. The number of aromatic nitrogens is 4. The van der Waals surface area contributed by atoms with E-state index in [0.717, 1.165) is 38.2 Å². The highest BCUT2D eigenvalue weighted by Gasteiger charge is 2.31. The number of nitrogens with zero attached hydrogens (tertiary/aromatic N) is 6. The fourth-order valence-corrected chi connectivity index (χ4v) is 3.79. The Kier molecular flexibility index (Phi) is 4.05. The van der Waals surface area contributed by atoms with Crippen molar-refractivity contribution < 1.29 is 9.90 Å². The van der Waals surface area contributed by atoms with E-state index < -0.39 is 0 Å². The van der Waals surface area contributed by atoms with Crippen LogP contribution in [0, 0.1) is 5.92 Å². The van der Waals surface area contributed by atoms with Crippen molar-refractivity contribution in [1.29, 1.82) is 0 Å². The van der Waals surface area contributed by atoms with Crippen LogP contribution >= 0.6 is 0 Å². The van der Waals surface area contributed by atoms with Crippen molar-refractivity contribution >= 4 is 17.5 Å². The molecule has 1 saturated carbocycles. The third kappa shape index (κ3) is 2.82. The smallest absolute Gasteiger partial charge is 0.256 e. The van der Waals surface area contributed by atoms with Crippen LogP contribution in [-0.4, -0.2) is 67.8 Å². The third-order valence-electron chi connectivity index (χ3n) is 5.10. The zero-order chi connectivity index (χ0) is 16.5. The summed E-state index contributed by atoms with van der Waals surface area (Å²) in [5.41, 5.74) is 0. The van der Waals surface area contributed by atoms with Gasteiger partial charge in [-0.3, -0.25) is 9.20 Å². The van der Waals surface area contributed by atoms with Gasteiger partial charge >= 0.3 is 0 Å². The van der Waals surface area contributed by atoms with E-state index in [1.54, 1.807) is 12.5 Å². The van der Waals surface area contributed by atoms with E-state index in [0.29, 0.717) is 25.3 Å². The molecule has 1 aliphatic carbocycles. The van der Waals surface area contributed by atoms with Crippen LogP contribution in [0.4, 0.5) is 5.82 Å². The molecule has 0 spiro atoms. The van der Waals surface area contributed by atoms with Crippen molar-refractivity contribution in [2.75, 3.05) is 31.1 Å². The van der Waals surface area contributed by atoms with Crippen LogP contribution in [0.2, 0.25) is 0 Å². The molecule has 128 valence electrons. The second-order valence-electron chi connectivity index (χ2n) is 6.63. The van der Waals surface area contributed by atoms with Crippen LogP contribution in [0.5, 0.6) is 0 Å². The molecule has 1 aliphatic heterocycles. The Labute approximate surface area is 140 Å². The Morgan fingerprint density at radius 3 is 2.83 bits per heavy atom. The Morgan fingerprint density at radius 1 is 1.21 bits per heavy atom. The van der Waals surface area contributed by atoms with Crippen molar-refractivity contribution in [3.63, 3.8) is 0 Å². The molecule has 2 aliphatic rings. The van der Waals surface area contributed by atoms with Crippen LogP contribution in [0.1, 0.15) is 25.7 Å². The van der Waals surface area contributed by atoms with E-state index in [4.69, 9.17) is 0 Å². The summed E-state index contributed by atoms with van der Waals surface area (Å²) < 4.78 is 1.87. The average Bonchev–Trinajstić information content (AvgIpc) is 3.10. The fourth-order valence-electron chi connectivity index (χ4n) is 3.79. The minimum absolute atomic E-state index is 0.00854. The normalized spacial score (nSPS) is 25.2. The molecular formula is C16H22N6O2. The van der Waals surface area contributed by atoms with Crippen molar-refractivity contribution in [2.45, 2.75) is 31.8 Å². The van der Waals surface area contributed by atoms with Gasteiger partial charge in [-0.15, -0.1) is 10.2 Å². The minimum atomic E-state index is -0.312. The Balaban J connectivity index is 1.41. The second-order valence-corrected chi connectivity index (χ2v) is 6.63. The highest BCUT2D eigenvalue weighted by molar-refractivity contribution is 5.79. The first kappa shape index (κ1) is 15.3. The van der Waals surface area contributed by atoms with E-state index >= 15 is 0 Å². The molecule has 2 aromatic heterocycles. The van der Waals surface area contributed by atoms with Crippen LogP contribution in [0.25, 0.3) is 5.78 Å². The van der Waals surface area contributed by atoms with Gasteiger partial charge in [-0.2, -0.15) is 0 Å². The number of aliphatic hydroxyl groups excluding tert-OH is 1. The Hall–Kier alpha value is -2.22. The molecule has 1 saturated heterocycles. The Morgan fingerprint density at radius 2 is 2.04 bits per heavy atom. The molecule has 1 N–H and O–H groups in total. The van der Waals surface area contributed by atoms with Gasteiger partial charge < -0.3 is 14.9 Å². The number of piperazine rings is 1. The topological polar surface area (TPSA) is 86.9 Å². The van der Waals surface area contributed by atoms with Crippen molar-refractivity contribution in [2.24, 2.45) is 5.92 Å². The predicted molar refractivity (Wildman–Crippen MR) is 87.5 cm³/mol. The number of hydrogen-bond acceptors (Lipinski definition) is 6. The maximum absolute atomic E-state index is 12.7. The zero-order valence-electron chi connectivity index (χ0n) is 13.6. The van der Waals surface area contributed by atoms with Crippen LogP contribution in [0.3, 0.4) is 0 Å². The molecule has 24 heavy (non-hydrogen) atoms. The largest absolute Gasteiger partial charge is 0.393 e. The van der Waals surface area contributed by atoms with Gasteiger partial charge in [0.1, 0.15) is 12.1 Å². The summed E-state index contributed by atoms with van der Waals surface area (Å²) >= 11 is 0. The summed E-state index contributed by atoms with van der Waals surface area (Å²) in [7, 11) is 0. The van der Waals surface area contributed by atoms with Gasteiger partial charge in [-0.05, 0) is 25.3 Å². The number of anilines is 1. The average molecular weight is 330 g/mol. The molecule has 0 bridgehead atoms. The molecular weight excluding hydrogens is 308 g/mol. The van der Waals surface area contributed by atoms with Gasteiger partial charge in [0.05, 0.1) is 6.10 Å². The first-order valence-electron chi connectivity index (χ1n) is 8.59. The molecule has 0 unspecified atom stereocenters. The first-order chi connectivity index (χ1) is 11.7. The van der Waals surface area contributed by atoms with Crippen LogP contribution in [-0.2, 0) is 4.79 Å². The number of rotatable bonds is 2. The predicted octanol–water partition coefficient (Wildman–Crippen LogP) is 0.324. The summed E-state index contributed by atoms with van der Waals surface area (Å²) in [6.45, 7) is 2.96. The summed E-state index contributed by atoms with van der Waals surface area (Å²) in [6, 6.07) is 1.95. The number of hydrogen-bond donors (Lipinski definition) is 1. The Bertz CT molecular complexity index is 724. The zero-order valence-corrected chi connectivity index (χ0v) is 13.6. The number of carbonyl (C=O) groups is 1. The summed E-state index contributed by atoms with van der Waals surface area (Å²) in [5.74, 6) is 1.79. The molecule has 0 aromatic carbocycles. The molecule has 8 nitrogen and oxygen atoms in total. The first-order valence-corrected chi connectivity index (χ1v) is 8.59. The van der Waals surface area contributed by atoms with E-state index in [9.17, 15) is 9.90 Å². The summed E-state index contributed by atoms with van der Waals surface area (Å²) in [6.07, 6.45) is 6.38. The minimum Gasteiger partial charge on any atom is -0.393 e. The quantitative estimate of drug-likeness (QED) is 0.853. The lowest BCUT2D eigenvalue weighted by Gasteiger charge is -2.38. The number of carbonyl (C=O) groups excluding carboxylic acids is 1. The summed E-state index contributed by atoms with van der Waals surface area (Å²) in [5, 5.41) is 17.7. The molecule has 4 rings (SSSR count). The van der Waals surface area contributed by atoms with Crippen LogP contribution in [0.15, 0.2) is 18.6 Å². The third-order valence-corrected chi connectivity index (χ3v) is 5.10. The lowest BCUT2D eigenvalue weighted by Crippen LogP contribution is -2.51. The molecule has 2 fully saturated rings. The summed E-state index contributed by atoms with van der Waals surface area (Å²) in [4.78, 5) is 21.0. The molecule has 8 heteroatoms. The van der Waals surface area contributed by atoms with Gasteiger partial charge in [-0.1, -0.05) is 6.42 Å². The number of amides is 1. The number of aliphatic hydroxyl groups is 1. The van der Waals surface area contributed by atoms with Crippen molar-refractivity contribution in [3.05, 3.63) is 18.6 Å². The monoisotopic (exact) mass is 330 g/mol. The van der Waals surface area contributed by atoms with Gasteiger partial charge in [0, 0.05) is 38.3 Å². The van der Waals surface area contributed by atoms with Gasteiger partial charge in [-0.25, -0.2) is 4.98 Å². The highest BCUT2D eigenvalue weighted by Crippen LogP contribution is 2.26. The second kappa shape index (κ2) is 6.35. The van der Waals surface area contributed by atoms with E-state index in [1.807, 2.05) is 15.4 Å². The number of fused-ring (bicyclic) bond motifs is 1. The van der Waals surface area contributed by atoms with Crippen LogP contribution < -0.4 is 4.90 Å². The standard InChI is InChI=1S/C16H22N6O2/c23-13-3-1-2-12(10-13)15(24)21-8-6-20(7-9-21)14-4-5-17-16-19-18-11-22(14)16/h4-5,11-13,23H,1-3,6-10H2/t12-,13+/m1/s1. The molecule has 2 aromatic rings. The fraction of sp³-hybridized carbons (Fsp3) is 0.625. The van der Waals surface area contributed by atoms with E-state index in [1.165, 1.54) is 0 Å². The lowest BCUT2D eigenvalue weighted by atomic mass is 9.86. The molecule has 1 amide bonds. The highest BCUT2D eigenvalue weighted by atomic mass is 16.3. The van der Waals surface area contributed by atoms with Gasteiger partial charge in [0.2, 0.25) is 5.91 Å². The van der Waals surface area contributed by atoms with Gasteiger partial charge in [0.25, 0.3) is 5.78 Å². The molecule has 3 heterocycles. The molecule has 2 atom stereocenters. The van der Waals surface area contributed by atoms with Crippen molar-refractivity contribution in [1.82, 2.24) is 24.5 Å². The van der Waals surface area contributed by atoms with E-state index in [-0.39, 0.29) is 17.9 Å².